The highest BCUT2D eigenvalue weighted by Gasteiger charge is 2.29. The van der Waals surface area contributed by atoms with E-state index in [0.29, 0.717) is 12.0 Å². The molecule has 21 heavy (non-hydrogen) atoms. The van der Waals surface area contributed by atoms with Crippen molar-refractivity contribution in [1.29, 1.82) is 0 Å². The summed E-state index contributed by atoms with van der Waals surface area (Å²) in [6, 6.07) is 8.72. The minimum Gasteiger partial charge on any atom is -0.382 e. The molecule has 114 valence electrons. The van der Waals surface area contributed by atoms with Crippen LogP contribution in [-0.2, 0) is 4.79 Å². The molecule has 0 saturated heterocycles. The van der Waals surface area contributed by atoms with Gasteiger partial charge in [-0.25, -0.2) is 0 Å². The highest BCUT2D eigenvalue weighted by atomic mass is 16.2. The van der Waals surface area contributed by atoms with Crippen LogP contribution in [0.1, 0.15) is 46.0 Å². The van der Waals surface area contributed by atoms with Crippen LogP contribution < -0.4 is 10.6 Å². The molecule has 3 unspecified atom stereocenters. The molecule has 0 heterocycles. The molecule has 3 atom stereocenters. The van der Waals surface area contributed by atoms with Crippen LogP contribution in [0.25, 0.3) is 0 Å². The lowest BCUT2D eigenvalue weighted by Gasteiger charge is -2.35. The van der Waals surface area contributed by atoms with Crippen molar-refractivity contribution in [3.05, 3.63) is 24.3 Å². The van der Waals surface area contributed by atoms with Crippen LogP contribution in [0.15, 0.2) is 24.3 Å². The van der Waals surface area contributed by atoms with Crippen molar-refractivity contribution in [2.24, 2.45) is 17.8 Å². The number of hydrogen-bond acceptors (Lipinski definition) is 2. The number of benzene rings is 1. The topological polar surface area (TPSA) is 41.1 Å². The zero-order valence-electron chi connectivity index (χ0n) is 13.1. The summed E-state index contributed by atoms with van der Waals surface area (Å²) in [6.07, 6.45) is 6.02. The summed E-state index contributed by atoms with van der Waals surface area (Å²) in [6.45, 7) is 4.71. The van der Waals surface area contributed by atoms with Gasteiger partial charge in [0.05, 0.1) is 0 Å². The van der Waals surface area contributed by atoms with Crippen LogP contribution in [0.4, 0.5) is 11.4 Å². The summed E-state index contributed by atoms with van der Waals surface area (Å²) in [4.78, 5) is 11.7. The third kappa shape index (κ3) is 3.58. The number of carbonyl (C=O) groups is 1. The average molecular weight is 286 g/mol. The third-order valence-electron chi connectivity index (χ3n) is 5.16. The second-order valence-electron chi connectivity index (χ2n) is 6.86. The molecule has 1 amide bonds. The van der Waals surface area contributed by atoms with E-state index in [0.717, 1.165) is 30.1 Å². The molecule has 0 aromatic heterocycles. The lowest BCUT2D eigenvalue weighted by Crippen LogP contribution is -2.34. The zero-order valence-corrected chi connectivity index (χ0v) is 13.1. The molecule has 3 heteroatoms. The Morgan fingerprint density at radius 3 is 2.33 bits per heavy atom. The number of carbonyl (C=O) groups excluding carboxylic acids is 1. The van der Waals surface area contributed by atoms with Gasteiger partial charge in [-0.05, 0) is 55.4 Å². The van der Waals surface area contributed by atoms with Gasteiger partial charge in [-0.15, -0.1) is 0 Å². The molecular formula is C18H26N2O. The predicted molar refractivity (Wildman–Crippen MR) is 87.4 cm³/mol. The van der Waals surface area contributed by atoms with E-state index >= 15 is 0 Å². The maximum atomic E-state index is 11.7. The molecule has 0 radical (unpaired) electrons. The zero-order chi connectivity index (χ0) is 14.8. The van der Waals surface area contributed by atoms with Crippen LogP contribution in [-0.4, -0.2) is 11.9 Å². The van der Waals surface area contributed by atoms with Crippen LogP contribution in [0.2, 0.25) is 0 Å². The first-order valence-corrected chi connectivity index (χ1v) is 8.31. The molecule has 2 N–H and O–H groups in total. The number of rotatable bonds is 4. The van der Waals surface area contributed by atoms with Crippen LogP contribution in [0.5, 0.6) is 0 Å². The monoisotopic (exact) mass is 286 g/mol. The lowest BCUT2D eigenvalue weighted by atomic mass is 9.78. The first-order chi connectivity index (χ1) is 10.1. The Hall–Kier alpha value is -1.51. The van der Waals surface area contributed by atoms with Gasteiger partial charge in [0.25, 0.3) is 0 Å². The van der Waals surface area contributed by atoms with Gasteiger partial charge < -0.3 is 10.6 Å². The van der Waals surface area contributed by atoms with Crippen molar-refractivity contribution in [1.82, 2.24) is 0 Å². The van der Waals surface area contributed by atoms with E-state index in [4.69, 9.17) is 0 Å². The molecule has 2 aliphatic rings. The van der Waals surface area contributed by atoms with Gasteiger partial charge >= 0.3 is 0 Å². The third-order valence-corrected chi connectivity index (χ3v) is 5.16. The summed E-state index contributed by atoms with van der Waals surface area (Å²) in [5.41, 5.74) is 2.06. The van der Waals surface area contributed by atoms with E-state index < -0.39 is 0 Å². The van der Waals surface area contributed by atoms with Crippen molar-refractivity contribution in [3.63, 3.8) is 0 Å². The van der Waals surface area contributed by atoms with E-state index in [9.17, 15) is 4.79 Å². The molecular weight excluding hydrogens is 260 g/mol. The van der Waals surface area contributed by atoms with Gasteiger partial charge in [0, 0.05) is 23.3 Å². The second-order valence-corrected chi connectivity index (χ2v) is 6.86. The minimum absolute atomic E-state index is 0.172. The Labute approximate surface area is 127 Å². The Morgan fingerprint density at radius 1 is 1.00 bits per heavy atom. The molecule has 3 nitrogen and oxygen atoms in total. The maximum Gasteiger partial charge on any atom is 0.227 e. The molecule has 2 fully saturated rings. The van der Waals surface area contributed by atoms with Crippen molar-refractivity contribution in [2.75, 3.05) is 10.6 Å². The standard InChI is InChI=1S/C18H26N2O/c1-12-4-3-5-17(13(12)2)19-15-8-10-16(11-9-15)20-18(21)14-6-7-14/h8-14,17,19H,3-7H2,1-2H3,(H,20,21). The molecule has 0 bridgehead atoms. The first kappa shape index (κ1) is 14.4. The highest BCUT2D eigenvalue weighted by molar-refractivity contribution is 5.94. The fraction of sp³-hybridized carbons (Fsp3) is 0.611. The maximum absolute atomic E-state index is 11.7. The van der Waals surface area contributed by atoms with Crippen molar-refractivity contribution in [2.45, 2.75) is 52.0 Å². The summed E-state index contributed by atoms with van der Waals surface area (Å²) in [7, 11) is 0. The fourth-order valence-corrected chi connectivity index (χ4v) is 3.24. The molecule has 3 rings (SSSR count). The van der Waals surface area contributed by atoms with E-state index in [1.165, 1.54) is 19.3 Å². The molecule has 0 aliphatic heterocycles. The first-order valence-electron chi connectivity index (χ1n) is 8.31. The summed E-state index contributed by atoms with van der Waals surface area (Å²) >= 11 is 0. The fourth-order valence-electron chi connectivity index (χ4n) is 3.24. The molecule has 1 aromatic rings. The molecule has 2 saturated carbocycles. The van der Waals surface area contributed by atoms with Crippen LogP contribution >= 0.6 is 0 Å². The van der Waals surface area contributed by atoms with E-state index in [-0.39, 0.29) is 11.8 Å². The Bertz CT molecular complexity index is 492. The van der Waals surface area contributed by atoms with Gasteiger partial charge in [-0.1, -0.05) is 26.7 Å². The van der Waals surface area contributed by atoms with Gasteiger partial charge in [0.1, 0.15) is 0 Å². The molecule has 0 spiro atoms. The number of amides is 1. The van der Waals surface area contributed by atoms with Crippen LogP contribution in [0, 0.1) is 17.8 Å². The SMILES string of the molecule is CC1CCCC(Nc2ccc(NC(=O)C3CC3)cc2)C1C. The molecule has 1 aromatic carbocycles. The minimum atomic E-state index is 0.172. The van der Waals surface area contributed by atoms with E-state index in [2.05, 4.69) is 36.6 Å². The number of anilines is 2. The smallest absolute Gasteiger partial charge is 0.227 e. The predicted octanol–water partition coefficient (Wildman–Crippen LogP) is 4.27. The van der Waals surface area contributed by atoms with Gasteiger partial charge in [-0.2, -0.15) is 0 Å². The lowest BCUT2D eigenvalue weighted by molar-refractivity contribution is -0.117. The Kier molecular flexibility index (Phi) is 4.18. The summed E-state index contributed by atoms with van der Waals surface area (Å²) < 4.78 is 0. The van der Waals surface area contributed by atoms with Crippen molar-refractivity contribution in [3.8, 4) is 0 Å². The normalized spacial score (nSPS) is 29.0. The van der Waals surface area contributed by atoms with Crippen molar-refractivity contribution < 1.29 is 4.79 Å². The van der Waals surface area contributed by atoms with Gasteiger partial charge in [-0.3, -0.25) is 4.79 Å². The van der Waals surface area contributed by atoms with Crippen LogP contribution in [0.3, 0.4) is 0 Å². The Balaban J connectivity index is 1.57. The highest BCUT2D eigenvalue weighted by Crippen LogP contribution is 2.32. The largest absolute Gasteiger partial charge is 0.382 e. The summed E-state index contributed by atoms with van der Waals surface area (Å²) in [5, 5.41) is 6.65. The second kappa shape index (κ2) is 6.08. The number of nitrogens with one attached hydrogen (secondary N) is 2. The van der Waals surface area contributed by atoms with E-state index in [1.807, 2.05) is 12.1 Å². The van der Waals surface area contributed by atoms with E-state index in [1.54, 1.807) is 0 Å². The average Bonchev–Trinajstić information content (AvgIpc) is 3.30. The number of hydrogen-bond donors (Lipinski definition) is 2. The Morgan fingerprint density at radius 2 is 1.67 bits per heavy atom. The van der Waals surface area contributed by atoms with Crippen molar-refractivity contribution >= 4 is 17.3 Å². The molecule has 2 aliphatic carbocycles. The van der Waals surface area contributed by atoms with Gasteiger partial charge in [0.2, 0.25) is 5.91 Å². The quantitative estimate of drug-likeness (QED) is 0.867. The van der Waals surface area contributed by atoms with Gasteiger partial charge in [0.15, 0.2) is 0 Å². The summed E-state index contributed by atoms with van der Waals surface area (Å²) in [5.74, 6) is 1.94.